The number of ether oxygens (including phenoxy) is 1. The van der Waals surface area contributed by atoms with Gasteiger partial charge in [-0.1, -0.05) is 17.7 Å². The van der Waals surface area contributed by atoms with E-state index in [4.69, 9.17) is 16.7 Å². The molecule has 1 aromatic carbocycles. The van der Waals surface area contributed by atoms with Gasteiger partial charge in [0, 0.05) is 18.5 Å². The van der Waals surface area contributed by atoms with Crippen molar-refractivity contribution in [2.75, 3.05) is 0 Å². The molecule has 1 heterocycles. The molecule has 28 heavy (non-hydrogen) atoms. The van der Waals surface area contributed by atoms with Crippen LogP contribution in [0.15, 0.2) is 18.2 Å². The van der Waals surface area contributed by atoms with Crippen LogP contribution in [-0.4, -0.2) is 33.6 Å². The number of aromatic carboxylic acids is 1. The van der Waals surface area contributed by atoms with E-state index < -0.39 is 30.9 Å². The molecular weight excluding hydrogens is 411 g/mol. The number of hydrogen-bond acceptors (Lipinski definition) is 3. The first-order chi connectivity index (χ1) is 13.0. The van der Waals surface area contributed by atoms with Crippen molar-refractivity contribution in [3.05, 3.63) is 34.5 Å². The highest BCUT2D eigenvalue weighted by Crippen LogP contribution is 2.38. The molecular formula is C17H16ClF5N2O3. The minimum atomic E-state index is -4.31. The van der Waals surface area contributed by atoms with E-state index in [9.17, 15) is 26.7 Å². The van der Waals surface area contributed by atoms with E-state index in [-0.39, 0.29) is 41.4 Å². The van der Waals surface area contributed by atoms with Crippen molar-refractivity contribution in [1.29, 1.82) is 0 Å². The fraction of sp³-hybridized carbons (Fsp3) is 0.412. The van der Waals surface area contributed by atoms with Gasteiger partial charge in [0.2, 0.25) is 0 Å². The number of rotatable bonds is 8. The summed E-state index contributed by atoms with van der Waals surface area (Å²) in [5, 5.41) is 12.8. The Morgan fingerprint density at radius 2 is 2.04 bits per heavy atom. The molecule has 0 unspecified atom stereocenters. The van der Waals surface area contributed by atoms with Gasteiger partial charge in [0.1, 0.15) is 10.8 Å². The predicted octanol–water partition coefficient (Wildman–Crippen LogP) is 5.41. The van der Waals surface area contributed by atoms with E-state index in [0.29, 0.717) is 5.56 Å². The van der Waals surface area contributed by atoms with Crippen LogP contribution in [-0.2, 0) is 13.0 Å². The second-order valence-corrected chi connectivity index (χ2v) is 6.19. The van der Waals surface area contributed by atoms with Crippen LogP contribution in [0.4, 0.5) is 22.0 Å². The second kappa shape index (κ2) is 8.76. The zero-order valence-corrected chi connectivity index (χ0v) is 15.3. The van der Waals surface area contributed by atoms with Crippen molar-refractivity contribution in [3.8, 4) is 17.0 Å². The summed E-state index contributed by atoms with van der Waals surface area (Å²) in [5.41, 5.74) is 0.0438. The third kappa shape index (κ3) is 5.34. The van der Waals surface area contributed by atoms with Crippen LogP contribution >= 0.6 is 11.6 Å². The van der Waals surface area contributed by atoms with Gasteiger partial charge in [-0.05, 0) is 37.5 Å². The number of carboxylic acids is 1. The van der Waals surface area contributed by atoms with E-state index in [0.717, 1.165) is 0 Å². The van der Waals surface area contributed by atoms with Gasteiger partial charge >= 0.3 is 18.8 Å². The van der Waals surface area contributed by atoms with Crippen LogP contribution in [0, 0.1) is 0 Å². The summed E-state index contributed by atoms with van der Waals surface area (Å²) in [6, 6.07) is 4.00. The van der Waals surface area contributed by atoms with Crippen LogP contribution in [0.3, 0.4) is 0 Å². The van der Waals surface area contributed by atoms with E-state index in [1.807, 2.05) is 0 Å². The highest BCUT2D eigenvalue weighted by atomic mass is 35.5. The molecule has 0 aliphatic rings. The molecule has 2 aromatic rings. The first kappa shape index (κ1) is 21.9. The monoisotopic (exact) mass is 426 g/mol. The van der Waals surface area contributed by atoms with Gasteiger partial charge in [0.25, 0.3) is 0 Å². The zero-order chi connectivity index (χ0) is 21.1. The lowest BCUT2D eigenvalue weighted by molar-refractivity contribution is -0.135. The molecule has 1 N–H and O–H groups in total. The molecule has 0 fully saturated rings. The molecule has 1 aromatic heterocycles. The quantitative estimate of drug-likeness (QED) is 0.573. The molecule has 0 aliphatic carbocycles. The summed E-state index contributed by atoms with van der Waals surface area (Å²) in [7, 11) is 0. The largest absolute Gasteiger partial charge is 0.476 e. The third-order valence-electron chi connectivity index (χ3n) is 3.84. The minimum Gasteiger partial charge on any atom is -0.476 e. The van der Waals surface area contributed by atoms with Gasteiger partial charge in [-0.2, -0.15) is 27.1 Å². The minimum absolute atomic E-state index is 0.000532. The number of carboxylic acid groups (broad SMARTS) is 1. The zero-order valence-electron chi connectivity index (χ0n) is 14.6. The molecule has 154 valence electrons. The van der Waals surface area contributed by atoms with Gasteiger partial charge in [-0.3, -0.25) is 4.68 Å². The Morgan fingerprint density at radius 1 is 1.36 bits per heavy atom. The van der Waals surface area contributed by atoms with Crippen LogP contribution in [0.25, 0.3) is 11.3 Å². The van der Waals surface area contributed by atoms with Crippen LogP contribution < -0.4 is 4.74 Å². The Bertz CT molecular complexity index is 852. The van der Waals surface area contributed by atoms with Gasteiger partial charge in [0.15, 0.2) is 5.69 Å². The third-order valence-corrected chi connectivity index (χ3v) is 4.20. The van der Waals surface area contributed by atoms with E-state index in [1.165, 1.54) is 22.9 Å². The van der Waals surface area contributed by atoms with Crippen molar-refractivity contribution in [2.45, 2.75) is 45.5 Å². The molecule has 0 amide bonds. The fourth-order valence-corrected chi connectivity index (χ4v) is 2.99. The van der Waals surface area contributed by atoms with Gasteiger partial charge in [-0.25, -0.2) is 4.79 Å². The lowest BCUT2D eigenvalue weighted by Crippen LogP contribution is -2.08. The van der Waals surface area contributed by atoms with Gasteiger partial charge < -0.3 is 9.84 Å². The Hall–Kier alpha value is -2.36. The average Bonchev–Trinajstić information content (AvgIpc) is 2.90. The summed E-state index contributed by atoms with van der Waals surface area (Å²) in [6.07, 6.45) is -5.53. The van der Waals surface area contributed by atoms with Crippen LogP contribution in [0.1, 0.15) is 35.8 Å². The Morgan fingerprint density at radius 3 is 2.57 bits per heavy atom. The van der Waals surface area contributed by atoms with Crippen LogP contribution in [0.2, 0.25) is 5.02 Å². The standard InChI is InChI=1S/C17H16ClF5N2O3/c1-2-25-14(12(18)13(24-25)15(26)27)10-6-5-9(4-3-7-17(21,22)23)8-11(10)28-16(19)20/h5-6,8,16H,2-4,7H2,1H3,(H,26,27). The number of alkyl halides is 5. The van der Waals surface area contributed by atoms with Crippen molar-refractivity contribution in [3.63, 3.8) is 0 Å². The van der Waals surface area contributed by atoms with Crippen molar-refractivity contribution in [2.24, 2.45) is 0 Å². The first-order valence-corrected chi connectivity index (χ1v) is 8.55. The molecule has 0 saturated heterocycles. The summed E-state index contributed by atoms with van der Waals surface area (Å²) in [6.45, 7) is -1.35. The van der Waals surface area contributed by atoms with Crippen molar-refractivity contribution >= 4 is 17.6 Å². The molecule has 0 spiro atoms. The SMILES string of the molecule is CCn1nc(C(=O)O)c(Cl)c1-c1ccc(CCCC(F)(F)F)cc1OC(F)F. The Kier molecular flexibility index (Phi) is 6.87. The second-order valence-electron chi connectivity index (χ2n) is 5.81. The topological polar surface area (TPSA) is 64.4 Å². The number of aromatic nitrogens is 2. The predicted molar refractivity (Wildman–Crippen MR) is 90.9 cm³/mol. The lowest BCUT2D eigenvalue weighted by Gasteiger charge is -2.14. The molecule has 0 aliphatic heterocycles. The highest BCUT2D eigenvalue weighted by Gasteiger charge is 2.27. The lowest BCUT2D eigenvalue weighted by atomic mass is 10.0. The molecule has 0 saturated carbocycles. The maximum atomic E-state index is 12.9. The number of halogens is 6. The maximum absolute atomic E-state index is 12.9. The Labute approximate surface area is 161 Å². The molecule has 2 rings (SSSR count). The van der Waals surface area contributed by atoms with E-state index >= 15 is 0 Å². The number of hydrogen-bond donors (Lipinski definition) is 1. The van der Waals surface area contributed by atoms with Gasteiger partial charge in [0.05, 0.1) is 5.69 Å². The molecule has 5 nitrogen and oxygen atoms in total. The Balaban J connectivity index is 2.45. The average molecular weight is 427 g/mol. The van der Waals surface area contributed by atoms with Crippen molar-refractivity contribution < 1.29 is 36.6 Å². The summed E-state index contributed by atoms with van der Waals surface area (Å²) in [4.78, 5) is 11.2. The normalized spacial score (nSPS) is 11.9. The number of aryl methyl sites for hydroxylation is 2. The summed E-state index contributed by atoms with van der Waals surface area (Å²) < 4.78 is 68.3. The van der Waals surface area contributed by atoms with Gasteiger partial charge in [-0.15, -0.1) is 0 Å². The molecule has 0 radical (unpaired) electrons. The fourth-order valence-electron chi connectivity index (χ4n) is 2.67. The molecule has 11 heteroatoms. The summed E-state index contributed by atoms with van der Waals surface area (Å²) >= 11 is 6.09. The maximum Gasteiger partial charge on any atom is 0.389 e. The van der Waals surface area contributed by atoms with Crippen molar-refractivity contribution in [1.82, 2.24) is 9.78 Å². The number of carbonyl (C=O) groups is 1. The number of nitrogens with zero attached hydrogens (tertiary/aromatic N) is 2. The molecule has 0 atom stereocenters. The molecule has 0 bridgehead atoms. The summed E-state index contributed by atoms with van der Waals surface area (Å²) in [5.74, 6) is -1.72. The van der Waals surface area contributed by atoms with Crippen LogP contribution in [0.5, 0.6) is 5.75 Å². The highest BCUT2D eigenvalue weighted by molar-refractivity contribution is 6.35. The first-order valence-electron chi connectivity index (χ1n) is 8.18. The van der Waals surface area contributed by atoms with E-state index in [2.05, 4.69) is 9.84 Å². The van der Waals surface area contributed by atoms with E-state index in [1.54, 1.807) is 6.92 Å². The number of benzene rings is 1. The smallest absolute Gasteiger partial charge is 0.389 e.